The first-order valence-electron chi connectivity index (χ1n) is 5.38. The summed E-state index contributed by atoms with van der Waals surface area (Å²) in [7, 11) is 0. The molecule has 0 amide bonds. The van der Waals surface area contributed by atoms with Crippen LogP contribution >= 0.6 is 11.3 Å². The van der Waals surface area contributed by atoms with Crippen LogP contribution in [0.3, 0.4) is 0 Å². The fourth-order valence-corrected chi connectivity index (χ4v) is 2.12. The van der Waals surface area contributed by atoms with Gasteiger partial charge in [-0.05, 0) is 19.3 Å². The molecule has 14 heavy (non-hydrogen) atoms. The van der Waals surface area contributed by atoms with Gasteiger partial charge >= 0.3 is 0 Å². The third-order valence-electron chi connectivity index (χ3n) is 2.76. The average molecular weight is 212 g/mol. The van der Waals surface area contributed by atoms with Crippen molar-refractivity contribution in [3.8, 4) is 0 Å². The predicted octanol–water partition coefficient (Wildman–Crippen LogP) is 3.55. The van der Waals surface area contributed by atoms with Gasteiger partial charge in [0.25, 0.3) is 0 Å². The summed E-state index contributed by atoms with van der Waals surface area (Å²) in [6.45, 7) is 8.85. The van der Waals surface area contributed by atoms with Crippen LogP contribution in [-0.2, 0) is 6.42 Å². The number of hydrogen-bond donors (Lipinski definition) is 1. The monoisotopic (exact) mass is 212 g/mol. The van der Waals surface area contributed by atoms with Gasteiger partial charge < -0.3 is 5.32 Å². The molecule has 0 bridgehead atoms. The molecule has 2 atom stereocenters. The number of nitrogens with one attached hydrogen (secondary N) is 1. The van der Waals surface area contributed by atoms with E-state index in [0.29, 0.717) is 12.0 Å². The van der Waals surface area contributed by atoms with Crippen LogP contribution < -0.4 is 5.32 Å². The van der Waals surface area contributed by atoms with Gasteiger partial charge in [-0.3, -0.25) is 0 Å². The largest absolute Gasteiger partial charge is 0.359 e. The molecule has 3 heteroatoms. The van der Waals surface area contributed by atoms with Crippen molar-refractivity contribution in [1.29, 1.82) is 0 Å². The lowest BCUT2D eigenvalue weighted by Crippen LogP contribution is -2.23. The van der Waals surface area contributed by atoms with E-state index in [-0.39, 0.29) is 0 Å². The lowest BCUT2D eigenvalue weighted by atomic mass is 10.0. The van der Waals surface area contributed by atoms with Crippen LogP contribution in [0.2, 0.25) is 0 Å². The van der Waals surface area contributed by atoms with Crippen LogP contribution in [-0.4, -0.2) is 11.0 Å². The Kier molecular flexibility index (Phi) is 4.39. The van der Waals surface area contributed by atoms with Crippen molar-refractivity contribution in [2.75, 3.05) is 5.32 Å². The normalized spacial score (nSPS) is 15.1. The van der Waals surface area contributed by atoms with Crippen molar-refractivity contribution >= 4 is 16.5 Å². The molecule has 1 heterocycles. The molecule has 1 aromatic heterocycles. The first kappa shape index (κ1) is 11.5. The highest BCUT2D eigenvalue weighted by molar-refractivity contribution is 7.13. The van der Waals surface area contributed by atoms with Gasteiger partial charge in [-0.2, -0.15) is 0 Å². The number of thiazole rings is 1. The minimum absolute atomic E-state index is 0.510. The molecule has 80 valence electrons. The van der Waals surface area contributed by atoms with Gasteiger partial charge in [-0.25, -0.2) is 4.98 Å². The molecule has 0 aliphatic heterocycles. The maximum atomic E-state index is 4.49. The summed E-state index contributed by atoms with van der Waals surface area (Å²) in [5, 5.41) is 6.65. The van der Waals surface area contributed by atoms with Gasteiger partial charge in [0.15, 0.2) is 5.13 Å². The quantitative estimate of drug-likeness (QED) is 0.807. The maximum Gasteiger partial charge on any atom is 0.183 e. The molecule has 0 aliphatic carbocycles. The van der Waals surface area contributed by atoms with Crippen LogP contribution in [0.15, 0.2) is 5.38 Å². The number of hydrogen-bond acceptors (Lipinski definition) is 3. The maximum absolute atomic E-state index is 4.49. The molecule has 0 aliphatic rings. The van der Waals surface area contributed by atoms with E-state index < -0.39 is 0 Å². The summed E-state index contributed by atoms with van der Waals surface area (Å²) in [5.74, 6) is 0.698. The zero-order valence-corrected chi connectivity index (χ0v) is 10.3. The van der Waals surface area contributed by atoms with Crippen LogP contribution in [0.5, 0.6) is 0 Å². The fourth-order valence-electron chi connectivity index (χ4n) is 1.23. The van der Waals surface area contributed by atoms with E-state index >= 15 is 0 Å². The Morgan fingerprint density at radius 3 is 2.64 bits per heavy atom. The second-order valence-electron chi connectivity index (χ2n) is 3.82. The van der Waals surface area contributed by atoms with Crippen LogP contribution in [0.25, 0.3) is 0 Å². The van der Waals surface area contributed by atoms with Crippen LogP contribution in [0, 0.1) is 5.92 Å². The Morgan fingerprint density at radius 2 is 2.14 bits per heavy atom. The topological polar surface area (TPSA) is 24.9 Å². The van der Waals surface area contributed by atoms with Gasteiger partial charge in [-0.1, -0.05) is 27.2 Å². The highest BCUT2D eigenvalue weighted by Crippen LogP contribution is 2.19. The summed E-state index contributed by atoms with van der Waals surface area (Å²) in [6, 6.07) is 0.510. The van der Waals surface area contributed by atoms with E-state index in [1.807, 2.05) is 0 Å². The molecule has 0 saturated carbocycles. The number of aromatic nitrogens is 1. The van der Waals surface area contributed by atoms with Crippen molar-refractivity contribution < 1.29 is 0 Å². The minimum atomic E-state index is 0.510. The van der Waals surface area contributed by atoms with Crippen molar-refractivity contribution in [2.45, 2.75) is 46.6 Å². The Labute approximate surface area is 90.8 Å². The lowest BCUT2D eigenvalue weighted by Gasteiger charge is -2.18. The molecule has 2 unspecified atom stereocenters. The molecule has 0 fully saturated rings. The second-order valence-corrected chi connectivity index (χ2v) is 4.67. The Morgan fingerprint density at radius 1 is 1.43 bits per heavy atom. The summed E-state index contributed by atoms with van der Waals surface area (Å²) < 4.78 is 0. The third kappa shape index (κ3) is 2.98. The molecular weight excluding hydrogens is 192 g/mol. The highest BCUT2D eigenvalue weighted by Gasteiger charge is 2.11. The van der Waals surface area contributed by atoms with Crippen LogP contribution in [0.4, 0.5) is 5.13 Å². The molecule has 0 spiro atoms. The van der Waals surface area contributed by atoms with Gasteiger partial charge in [-0.15, -0.1) is 11.3 Å². The molecule has 0 radical (unpaired) electrons. The summed E-state index contributed by atoms with van der Waals surface area (Å²) in [4.78, 5) is 4.49. The molecule has 1 aromatic rings. The summed E-state index contributed by atoms with van der Waals surface area (Å²) in [5.41, 5.74) is 1.19. The van der Waals surface area contributed by atoms with Crippen molar-refractivity contribution in [3.05, 3.63) is 11.1 Å². The van der Waals surface area contributed by atoms with Gasteiger partial charge in [0.2, 0.25) is 0 Å². The number of aryl methyl sites for hydroxylation is 1. The van der Waals surface area contributed by atoms with E-state index in [4.69, 9.17) is 0 Å². The van der Waals surface area contributed by atoms with E-state index in [9.17, 15) is 0 Å². The van der Waals surface area contributed by atoms with Crippen LogP contribution in [0.1, 0.15) is 39.8 Å². The third-order valence-corrected chi connectivity index (χ3v) is 3.58. The molecular formula is C11H20N2S. The van der Waals surface area contributed by atoms with Gasteiger partial charge in [0.05, 0.1) is 5.69 Å². The van der Waals surface area contributed by atoms with Crippen molar-refractivity contribution in [1.82, 2.24) is 4.98 Å². The first-order chi connectivity index (χ1) is 6.67. The Balaban J connectivity index is 2.51. The van der Waals surface area contributed by atoms with Gasteiger partial charge in [0.1, 0.15) is 0 Å². The highest BCUT2D eigenvalue weighted by atomic mass is 32.1. The zero-order valence-electron chi connectivity index (χ0n) is 9.50. The predicted molar refractivity (Wildman–Crippen MR) is 64.0 cm³/mol. The standard InChI is InChI=1S/C11H20N2S/c1-5-8(3)9(4)12-11-13-10(6-2)7-14-11/h7-9H,5-6H2,1-4H3,(H,12,13). The number of anilines is 1. The zero-order chi connectivity index (χ0) is 10.6. The SMILES string of the molecule is CCc1csc(NC(C)C(C)CC)n1. The van der Waals surface area contributed by atoms with E-state index in [2.05, 4.69) is 43.4 Å². The first-order valence-corrected chi connectivity index (χ1v) is 6.26. The second kappa shape index (κ2) is 5.35. The van der Waals surface area contributed by atoms with E-state index in [1.165, 1.54) is 12.1 Å². The Bertz CT molecular complexity index is 270. The molecule has 0 saturated heterocycles. The Hall–Kier alpha value is -0.570. The van der Waals surface area contributed by atoms with Crippen molar-refractivity contribution in [2.24, 2.45) is 5.92 Å². The number of nitrogens with zero attached hydrogens (tertiary/aromatic N) is 1. The molecule has 1 N–H and O–H groups in total. The smallest absolute Gasteiger partial charge is 0.183 e. The summed E-state index contributed by atoms with van der Waals surface area (Å²) in [6.07, 6.45) is 2.23. The number of rotatable bonds is 5. The average Bonchev–Trinajstić information content (AvgIpc) is 2.64. The van der Waals surface area contributed by atoms with Gasteiger partial charge in [0, 0.05) is 11.4 Å². The van der Waals surface area contributed by atoms with E-state index in [0.717, 1.165) is 11.6 Å². The molecule has 0 aromatic carbocycles. The minimum Gasteiger partial charge on any atom is -0.359 e. The fraction of sp³-hybridized carbons (Fsp3) is 0.727. The van der Waals surface area contributed by atoms with Crippen molar-refractivity contribution in [3.63, 3.8) is 0 Å². The molecule has 1 rings (SSSR count). The summed E-state index contributed by atoms with van der Waals surface area (Å²) >= 11 is 1.71. The van der Waals surface area contributed by atoms with E-state index in [1.54, 1.807) is 11.3 Å². The lowest BCUT2D eigenvalue weighted by molar-refractivity contribution is 0.494. The molecule has 2 nitrogen and oxygen atoms in total.